The monoisotopic (exact) mass is 2030 g/mol. The highest BCUT2D eigenvalue weighted by molar-refractivity contribution is 7.97. The quantitative estimate of drug-likeness (QED) is 0.0140. The molecule has 140 heavy (non-hydrogen) atoms. The van der Waals surface area contributed by atoms with Crippen molar-refractivity contribution >= 4 is 52.1 Å². The number of benzene rings is 10. The Morgan fingerprint density at radius 1 is 0.329 bits per heavy atom. The van der Waals surface area contributed by atoms with Gasteiger partial charge >= 0.3 is 12.4 Å². The van der Waals surface area contributed by atoms with Crippen molar-refractivity contribution in [1.82, 2.24) is 0 Å². The van der Waals surface area contributed by atoms with Crippen LogP contribution in [0.5, 0.6) is 11.5 Å². The summed E-state index contributed by atoms with van der Waals surface area (Å²) in [6.45, 7) is 2.50. The van der Waals surface area contributed by atoms with Gasteiger partial charge in [0.05, 0.1) is 57.6 Å². The summed E-state index contributed by atoms with van der Waals surface area (Å²) in [6.07, 6.45) is 25.7. The first-order valence-electron chi connectivity index (χ1n) is 49.5. The summed E-state index contributed by atoms with van der Waals surface area (Å²) < 4.78 is 218. The molecule has 10 aromatic rings. The van der Waals surface area contributed by atoms with Crippen molar-refractivity contribution in [2.24, 2.45) is 0 Å². The van der Waals surface area contributed by atoms with Crippen molar-refractivity contribution < 1.29 is 98.2 Å². The Hall–Kier alpha value is -8.39. The number of quaternary nitrogens is 1. The fourth-order valence-electron chi connectivity index (χ4n) is 19.6. The van der Waals surface area contributed by atoms with Crippen LogP contribution in [0.4, 0.5) is 26.3 Å². The van der Waals surface area contributed by atoms with Crippen molar-refractivity contribution in [2.45, 2.75) is 323 Å². The second kappa shape index (κ2) is 53.4. The van der Waals surface area contributed by atoms with E-state index < -0.39 is 80.7 Å². The van der Waals surface area contributed by atoms with E-state index in [-0.39, 0.29) is 60.1 Å². The van der Waals surface area contributed by atoms with Crippen molar-refractivity contribution in [2.75, 3.05) is 62.2 Å². The first-order chi connectivity index (χ1) is 66.8. The van der Waals surface area contributed by atoms with Crippen molar-refractivity contribution in [1.29, 1.82) is 0 Å². The van der Waals surface area contributed by atoms with Crippen LogP contribution in [0.1, 0.15) is 286 Å². The highest BCUT2D eigenvalue weighted by Crippen LogP contribution is 2.50. The van der Waals surface area contributed by atoms with E-state index in [2.05, 4.69) is 134 Å². The standard InChI is InChI=1S/2C24H24F3O3S.2C24H36O3S.C10H16N.C7H8O3S/c2*1-23(24(25,26)27,30-18-28-2)17-29-19-13-15-22(16-14-19)31(20-9-5-3-6-10-20)21-11-7-4-8-12-21;2*25-28(26,27)24-22(19-12-6-2-7-13-19)16-21(18-10-4-1-5-11-18)17-23(24)20-14-8-3-9-15-20;1-11(2,3)9-10-7-5-4-6-8-10;1-6-2-4-7(5-3-6)11(8,9)10/h2*3-16H,17-18H2,1-2H3;2*16-20H,1-15H2,(H,25,26,27);4-8H,9H2,1-3H3;2-5H,1H3,(H,8,9,10)/q2*+1;;;+1;/p-3. The zero-order chi connectivity index (χ0) is 101. The number of rotatable bonds is 29. The van der Waals surface area contributed by atoms with Gasteiger partial charge in [-0.2, -0.15) is 26.3 Å². The number of aryl methyl sites for hydroxylation is 1. The Kier molecular flexibility index (Phi) is 42.7. The molecule has 0 spiro atoms. The summed E-state index contributed by atoms with van der Waals surface area (Å²) in [5.74, 6) is 2.76. The molecule has 2 unspecified atom stereocenters. The average molecular weight is 2030 g/mol. The van der Waals surface area contributed by atoms with Gasteiger partial charge in [0.15, 0.2) is 40.6 Å². The van der Waals surface area contributed by atoms with Gasteiger partial charge in [0, 0.05) is 19.8 Å². The first kappa shape index (κ1) is 112. The van der Waals surface area contributed by atoms with Crippen LogP contribution in [0.15, 0.2) is 293 Å². The molecule has 760 valence electrons. The van der Waals surface area contributed by atoms with Crippen LogP contribution in [0, 0.1) is 6.92 Å². The SMILES string of the molecule is COCOC(C)(COc1ccc([S+](c2ccccc2)c2ccccc2)cc1)C(F)(F)F.COCOC(C)(COc1ccc([S+](c2ccccc2)c2ccccc2)cc1)C(F)(F)F.C[N+](C)(C)Cc1ccccc1.Cc1ccc(S(=O)(=O)[O-])cc1.O=S(=O)([O-])c1c(C2CCCCC2)cc(C2CCCCC2)cc1C1CCCCC1.O=S(=O)([O-])c1c(C2CCCCC2)cc(C2CCCCC2)cc1C1CCCCC1. The van der Waals surface area contributed by atoms with Crippen molar-refractivity contribution in [3.05, 3.63) is 293 Å². The van der Waals surface area contributed by atoms with E-state index >= 15 is 0 Å². The third-order valence-electron chi connectivity index (χ3n) is 27.2. The second-order valence-electron chi connectivity index (χ2n) is 39.1. The van der Waals surface area contributed by atoms with Gasteiger partial charge in [0.2, 0.25) is 0 Å². The molecule has 27 heteroatoms. The molecule has 6 saturated carbocycles. The van der Waals surface area contributed by atoms with Gasteiger partial charge < -0.3 is 46.6 Å². The molecule has 6 aliphatic carbocycles. The maximum atomic E-state index is 13.4. The first-order valence-corrected chi connectivity index (χ1v) is 56.2. The van der Waals surface area contributed by atoms with Gasteiger partial charge in [-0.05, 0) is 276 Å². The fourth-order valence-corrected chi connectivity index (χ4v) is 26.3. The Morgan fingerprint density at radius 3 is 0.800 bits per heavy atom. The zero-order valence-corrected chi connectivity index (χ0v) is 86.3. The number of ether oxygens (including phenoxy) is 6. The van der Waals surface area contributed by atoms with Gasteiger partial charge in [-0.25, -0.2) is 25.3 Å². The lowest BCUT2D eigenvalue weighted by Crippen LogP contribution is -2.50. The normalized spacial score (nSPS) is 17.4. The van der Waals surface area contributed by atoms with Gasteiger partial charge in [-0.15, -0.1) is 0 Å². The lowest BCUT2D eigenvalue weighted by atomic mass is 9.76. The minimum atomic E-state index is -4.60. The Labute approximate surface area is 834 Å². The molecule has 0 aromatic heterocycles. The van der Waals surface area contributed by atoms with E-state index in [1.165, 1.54) is 133 Å². The molecule has 16 rings (SSSR count). The predicted molar refractivity (Wildman–Crippen MR) is 540 cm³/mol. The minimum Gasteiger partial charge on any atom is -0.744 e. The van der Waals surface area contributed by atoms with E-state index in [4.69, 9.17) is 18.9 Å². The van der Waals surface area contributed by atoms with Gasteiger partial charge in [0.25, 0.3) is 0 Å². The van der Waals surface area contributed by atoms with E-state index in [1.54, 1.807) is 36.4 Å². The Balaban J connectivity index is 0.000000166. The zero-order valence-electron chi connectivity index (χ0n) is 82.3. The molecule has 0 saturated heterocycles. The number of methoxy groups -OCH3 is 2. The van der Waals surface area contributed by atoms with E-state index in [1.807, 2.05) is 104 Å². The minimum absolute atomic E-state index is 0.178. The molecule has 0 radical (unpaired) electrons. The van der Waals surface area contributed by atoms with Crippen LogP contribution in [0.25, 0.3) is 0 Å². The van der Waals surface area contributed by atoms with Gasteiger partial charge in [-0.1, -0.05) is 261 Å². The Bertz CT molecular complexity index is 5270. The molecule has 16 nitrogen and oxygen atoms in total. The van der Waals surface area contributed by atoms with Crippen molar-refractivity contribution in [3.8, 4) is 11.5 Å². The summed E-state index contributed by atoms with van der Waals surface area (Å²) in [6, 6.07) is 79.7. The van der Waals surface area contributed by atoms with Crippen LogP contribution in [0.2, 0.25) is 0 Å². The summed E-state index contributed by atoms with van der Waals surface area (Å²) in [7, 11) is -4.72. The molecule has 2 atom stereocenters. The predicted octanol–water partition coefficient (Wildman–Crippen LogP) is 28.5. The molecule has 6 aliphatic rings. The summed E-state index contributed by atoms with van der Waals surface area (Å²) in [4.78, 5) is 6.89. The average Bonchev–Trinajstić information content (AvgIpc) is 0.758. The largest absolute Gasteiger partial charge is 0.744 e. The maximum absolute atomic E-state index is 13.4. The fraction of sp³-hybridized carbons (Fsp3) is 0.469. The second-order valence-corrected chi connectivity index (χ2v) is 47.2. The number of nitrogens with zero attached hydrogens (tertiary/aromatic N) is 1. The molecule has 0 N–H and O–H groups in total. The lowest BCUT2D eigenvalue weighted by Gasteiger charge is -2.33. The molecule has 0 heterocycles. The highest BCUT2D eigenvalue weighted by Gasteiger charge is 2.55. The molecule has 6 fully saturated rings. The summed E-state index contributed by atoms with van der Waals surface area (Å²) >= 11 is 0. The van der Waals surface area contributed by atoms with Crippen LogP contribution < -0.4 is 9.47 Å². The van der Waals surface area contributed by atoms with E-state index in [0.29, 0.717) is 23.3 Å². The molecule has 0 aliphatic heterocycles. The third-order valence-corrected chi connectivity index (χ3v) is 34.5. The van der Waals surface area contributed by atoms with Crippen LogP contribution >= 0.6 is 0 Å². The summed E-state index contributed by atoms with van der Waals surface area (Å²) in [5, 5.41) is 0. The number of hydrogen-bond acceptors (Lipinski definition) is 15. The maximum Gasteiger partial charge on any atom is 0.420 e. The topological polar surface area (TPSA) is 227 Å². The van der Waals surface area contributed by atoms with E-state index in [0.717, 1.165) is 185 Å². The van der Waals surface area contributed by atoms with Crippen LogP contribution in [-0.4, -0.2) is 129 Å². The van der Waals surface area contributed by atoms with Gasteiger partial charge in [-0.3, -0.25) is 0 Å². The summed E-state index contributed by atoms with van der Waals surface area (Å²) in [5.41, 5.74) is 3.59. The molecular weight excluding hydrogens is 1890 g/mol. The highest BCUT2D eigenvalue weighted by atomic mass is 32.2. The lowest BCUT2D eigenvalue weighted by molar-refractivity contribution is -0.884. The third kappa shape index (κ3) is 33.6. The van der Waals surface area contributed by atoms with Crippen molar-refractivity contribution in [3.63, 3.8) is 0 Å². The molecule has 10 aromatic carbocycles. The number of hydrogen-bond donors (Lipinski definition) is 0. The van der Waals surface area contributed by atoms with Gasteiger partial charge in [0.1, 0.15) is 75.2 Å². The smallest absolute Gasteiger partial charge is 0.420 e. The Morgan fingerprint density at radius 2 is 0.571 bits per heavy atom. The molecule has 0 amide bonds. The van der Waals surface area contributed by atoms with Crippen LogP contribution in [0.3, 0.4) is 0 Å². The van der Waals surface area contributed by atoms with E-state index in [9.17, 15) is 65.3 Å². The number of halogens is 6. The van der Waals surface area contributed by atoms with Crippen LogP contribution in [-0.2, 0) is 77.6 Å². The molecule has 0 bridgehead atoms. The molecular formula is C113H141F6NO15S5. The number of alkyl halides is 6.